The minimum absolute atomic E-state index is 0.0362. The number of aryl methyl sites for hydroxylation is 1. The highest BCUT2D eigenvalue weighted by Gasteiger charge is 2.08. The zero-order valence-electron chi connectivity index (χ0n) is 12.7. The molecule has 118 valence electrons. The summed E-state index contributed by atoms with van der Waals surface area (Å²) < 4.78 is 3.66. The average molecular weight is 347 g/mol. The Labute approximate surface area is 144 Å². The number of rotatable bonds is 4. The number of hydrogen-bond acceptors (Lipinski definition) is 1. The van der Waals surface area contributed by atoms with Crippen molar-refractivity contribution < 1.29 is 0 Å². The smallest absolute Gasteiger partial charge is 0.274 e. The molecule has 0 aliphatic carbocycles. The highest BCUT2D eigenvalue weighted by Crippen LogP contribution is 2.23. The number of allylic oxidation sites excluding steroid dienone is 1. The van der Waals surface area contributed by atoms with E-state index >= 15 is 0 Å². The Hall–Kier alpha value is -1.97. The summed E-state index contributed by atoms with van der Waals surface area (Å²) in [6, 6.07) is 13.2. The van der Waals surface area contributed by atoms with Crippen molar-refractivity contribution in [3.05, 3.63) is 74.5 Å². The topological polar surface area (TPSA) is 26.9 Å². The van der Waals surface area contributed by atoms with Gasteiger partial charge in [0.25, 0.3) is 5.56 Å². The summed E-state index contributed by atoms with van der Waals surface area (Å²) in [7, 11) is 1.80. The lowest BCUT2D eigenvalue weighted by Gasteiger charge is -2.07. The number of halogens is 2. The van der Waals surface area contributed by atoms with Gasteiger partial charge in [-0.15, -0.1) is 0 Å². The summed E-state index contributed by atoms with van der Waals surface area (Å²) in [5.74, 6) is 0. The molecule has 0 fully saturated rings. The van der Waals surface area contributed by atoms with Crippen LogP contribution >= 0.6 is 23.2 Å². The second-order valence-corrected chi connectivity index (χ2v) is 6.15. The largest absolute Gasteiger partial charge is 0.282 e. The lowest BCUT2D eigenvalue weighted by molar-refractivity contribution is 0.520. The molecule has 0 spiro atoms. The number of nitrogens with zero attached hydrogens (tertiary/aromatic N) is 2. The molecule has 1 heterocycles. The van der Waals surface area contributed by atoms with Gasteiger partial charge in [-0.3, -0.25) is 14.2 Å². The first kappa shape index (κ1) is 15.9. The van der Waals surface area contributed by atoms with Crippen LogP contribution in [0.1, 0.15) is 12.0 Å². The van der Waals surface area contributed by atoms with Gasteiger partial charge in [0, 0.05) is 13.6 Å². The zero-order valence-corrected chi connectivity index (χ0v) is 14.2. The minimum Gasteiger partial charge on any atom is -0.282 e. The standard InChI is InChI=1S/C18H16Cl2N2O/c1-21-18(23)14-7-2-3-8-17(14)22(21)11-5-4-6-13-9-10-15(19)16(20)12-13/h2-4,6-10,12H,5,11H2,1H3. The maximum Gasteiger partial charge on any atom is 0.274 e. The Morgan fingerprint density at radius 2 is 1.87 bits per heavy atom. The van der Waals surface area contributed by atoms with Gasteiger partial charge in [-0.05, 0) is 36.2 Å². The quantitative estimate of drug-likeness (QED) is 0.669. The van der Waals surface area contributed by atoms with Gasteiger partial charge < -0.3 is 0 Å². The highest BCUT2D eigenvalue weighted by atomic mass is 35.5. The van der Waals surface area contributed by atoms with Crippen LogP contribution in [0.15, 0.2) is 53.3 Å². The fraction of sp³-hybridized carbons (Fsp3) is 0.167. The molecule has 23 heavy (non-hydrogen) atoms. The van der Waals surface area contributed by atoms with E-state index in [1.807, 2.05) is 47.2 Å². The van der Waals surface area contributed by atoms with Crippen LogP contribution in [-0.2, 0) is 13.6 Å². The van der Waals surface area contributed by atoms with Gasteiger partial charge in [0.1, 0.15) is 0 Å². The molecule has 1 aromatic heterocycles. The molecule has 5 heteroatoms. The van der Waals surface area contributed by atoms with Gasteiger partial charge in [-0.2, -0.15) is 0 Å². The SMILES string of the molecule is Cn1c(=O)c2ccccc2n1CCC=Cc1ccc(Cl)c(Cl)c1. The van der Waals surface area contributed by atoms with Crippen molar-refractivity contribution in [1.29, 1.82) is 0 Å². The van der Waals surface area contributed by atoms with E-state index in [9.17, 15) is 4.79 Å². The molecule has 0 radical (unpaired) electrons. The van der Waals surface area contributed by atoms with Crippen LogP contribution in [0.2, 0.25) is 10.0 Å². The summed E-state index contributed by atoms with van der Waals surface area (Å²) in [4.78, 5) is 12.2. The van der Waals surface area contributed by atoms with Crippen LogP contribution in [0.5, 0.6) is 0 Å². The summed E-state index contributed by atoms with van der Waals surface area (Å²) in [6.45, 7) is 0.733. The van der Waals surface area contributed by atoms with Crippen LogP contribution in [0.4, 0.5) is 0 Å². The number of fused-ring (bicyclic) bond motifs is 1. The van der Waals surface area contributed by atoms with E-state index in [1.54, 1.807) is 17.8 Å². The molecular formula is C18H16Cl2N2O. The molecule has 3 rings (SSSR count). The molecule has 2 aromatic carbocycles. The van der Waals surface area contributed by atoms with Crippen LogP contribution < -0.4 is 5.56 Å². The normalized spacial score (nSPS) is 11.6. The molecule has 0 atom stereocenters. The van der Waals surface area contributed by atoms with Crippen molar-refractivity contribution in [2.75, 3.05) is 0 Å². The van der Waals surface area contributed by atoms with Gasteiger partial charge in [0.15, 0.2) is 0 Å². The first-order valence-electron chi connectivity index (χ1n) is 7.34. The van der Waals surface area contributed by atoms with E-state index in [2.05, 4.69) is 6.08 Å². The maximum atomic E-state index is 12.2. The van der Waals surface area contributed by atoms with Crippen molar-refractivity contribution in [2.45, 2.75) is 13.0 Å². The second kappa shape index (κ2) is 6.65. The third-order valence-corrected chi connectivity index (χ3v) is 4.57. The van der Waals surface area contributed by atoms with E-state index in [4.69, 9.17) is 23.2 Å². The fourth-order valence-corrected chi connectivity index (χ4v) is 2.93. The van der Waals surface area contributed by atoms with Crippen molar-refractivity contribution in [2.24, 2.45) is 7.05 Å². The first-order chi connectivity index (χ1) is 11.1. The Morgan fingerprint density at radius 1 is 1.09 bits per heavy atom. The summed E-state index contributed by atoms with van der Waals surface area (Å²) in [5.41, 5.74) is 2.00. The Kier molecular flexibility index (Phi) is 4.60. The van der Waals surface area contributed by atoms with E-state index in [0.717, 1.165) is 29.4 Å². The Morgan fingerprint density at radius 3 is 2.65 bits per heavy atom. The molecule has 0 bridgehead atoms. The predicted octanol–water partition coefficient (Wildman–Crippen LogP) is 4.75. The van der Waals surface area contributed by atoms with Crippen LogP contribution in [0.3, 0.4) is 0 Å². The third-order valence-electron chi connectivity index (χ3n) is 3.83. The van der Waals surface area contributed by atoms with Gasteiger partial charge in [-0.1, -0.05) is 53.6 Å². The Bertz CT molecular complexity index is 938. The Balaban J connectivity index is 1.76. The van der Waals surface area contributed by atoms with Crippen molar-refractivity contribution in [3.63, 3.8) is 0 Å². The van der Waals surface area contributed by atoms with Crippen molar-refractivity contribution in [3.8, 4) is 0 Å². The van der Waals surface area contributed by atoms with E-state index in [-0.39, 0.29) is 5.56 Å². The minimum atomic E-state index is 0.0362. The maximum absolute atomic E-state index is 12.2. The molecule has 0 saturated heterocycles. The monoisotopic (exact) mass is 346 g/mol. The molecule has 0 aliphatic heterocycles. The summed E-state index contributed by atoms with van der Waals surface area (Å²) in [6.07, 6.45) is 4.89. The van der Waals surface area contributed by atoms with Gasteiger partial charge in [-0.25, -0.2) is 0 Å². The van der Waals surface area contributed by atoms with E-state index in [0.29, 0.717) is 10.0 Å². The van der Waals surface area contributed by atoms with Gasteiger partial charge in [0.05, 0.1) is 20.9 Å². The van der Waals surface area contributed by atoms with Crippen molar-refractivity contribution >= 4 is 40.2 Å². The van der Waals surface area contributed by atoms with Crippen LogP contribution in [0, 0.1) is 0 Å². The van der Waals surface area contributed by atoms with E-state index < -0.39 is 0 Å². The fourth-order valence-electron chi connectivity index (χ4n) is 2.63. The zero-order chi connectivity index (χ0) is 16.4. The molecular weight excluding hydrogens is 331 g/mol. The lowest BCUT2D eigenvalue weighted by Crippen LogP contribution is -2.19. The third kappa shape index (κ3) is 3.21. The number of para-hydroxylation sites is 1. The van der Waals surface area contributed by atoms with E-state index in [1.165, 1.54) is 0 Å². The van der Waals surface area contributed by atoms with Gasteiger partial charge >= 0.3 is 0 Å². The van der Waals surface area contributed by atoms with Gasteiger partial charge in [0.2, 0.25) is 0 Å². The first-order valence-corrected chi connectivity index (χ1v) is 8.09. The lowest BCUT2D eigenvalue weighted by atomic mass is 10.2. The second-order valence-electron chi connectivity index (χ2n) is 5.33. The molecule has 3 aromatic rings. The molecule has 0 saturated carbocycles. The molecule has 3 nitrogen and oxygen atoms in total. The number of benzene rings is 2. The molecule has 0 aliphatic rings. The van der Waals surface area contributed by atoms with Crippen LogP contribution in [-0.4, -0.2) is 9.36 Å². The molecule has 0 unspecified atom stereocenters. The average Bonchev–Trinajstić information content (AvgIpc) is 2.80. The highest BCUT2D eigenvalue weighted by molar-refractivity contribution is 6.42. The van der Waals surface area contributed by atoms with Crippen molar-refractivity contribution in [1.82, 2.24) is 9.36 Å². The number of aromatic nitrogens is 2. The summed E-state index contributed by atoms with van der Waals surface area (Å²) in [5, 5.41) is 1.86. The molecule has 0 N–H and O–H groups in total. The molecule has 0 amide bonds. The predicted molar refractivity (Wildman–Crippen MR) is 97.3 cm³/mol. The number of hydrogen-bond donors (Lipinski definition) is 0. The van der Waals surface area contributed by atoms with Crippen LogP contribution in [0.25, 0.3) is 17.0 Å². The summed E-state index contributed by atoms with van der Waals surface area (Å²) >= 11 is 11.9.